The predicted molar refractivity (Wildman–Crippen MR) is 87.6 cm³/mol. The molecule has 126 valence electrons. The first kappa shape index (κ1) is 18.8. The van der Waals surface area contributed by atoms with Crippen LogP contribution < -0.4 is 5.32 Å². The van der Waals surface area contributed by atoms with E-state index < -0.39 is 10.2 Å². The van der Waals surface area contributed by atoms with Gasteiger partial charge in [-0.2, -0.15) is 17.0 Å². The number of nitrogens with one attached hydrogen (secondary N) is 1. The molecule has 1 fully saturated rings. The highest BCUT2D eigenvalue weighted by atomic mass is 32.2. The highest BCUT2D eigenvalue weighted by Crippen LogP contribution is 2.22. The summed E-state index contributed by atoms with van der Waals surface area (Å²) in [5.74, 6) is 0. The SMILES string of the molecule is CCCN(CCN(C)C)S(=O)(=O)N1CCCCC1CNC. The number of hydrogen-bond donors (Lipinski definition) is 1. The first-order valence-corrected chi connectivity index (χ1v) is 9.39. The maximum absolute atomic E-state index is 13.0. The van der Waals surface area contributed by atoms with Gasteiger partial charge in [0.1, 0.15) is 0 Å². The van der Waals surface area contributed by atoms with Gasteiger partial charge in [-0.1, -0.05) is 13.3 Å². The van der Waals surface area contributed by atoms with E-state index in [2.05, 4.69) is 5.32 Å². The van der Waals surface area contributed by atoms with Crippen molar-refractivity contribution in [1.29, 1.82) is 0 Å². The molecule has 21 heavy (non-hydrogen) atoms. The lowest BCUT2D eigenvalue weighted by molar-refractivity contribution is 0.224. The minimum Gasteiger partial charge on any atom is -0.318 e. The zero-order valence-electron chi connectivity index (χ0n) is 14.0. The van der Waals surface area contributed by atoms with Crippen LogP contribution >= 0.6 is 0 Å². The van der Waals surface area contributed by atoms with E-state index in [0.29, 0.717) is 19.6 Å². The standard InChI is InChI=1S/C14H32N4O2S/c1-5-9-17(12-11-16(3)4)21(19,20)18-10-7-6-8-14(18)13-15-2/h14-15H,5-13H2,1-4H3. The van der Waals surface area contributed by atoms with Crippen LogP contribution in [0.25, 0.3) is 0 Å². The molecule has 0 amide bonds. The maximum Gasteiger partial charge on any atom is 0.282 e. The summed E-state index contributed by atoms with van der Waals surface area (Å²) in [6.45, 7) is 5.32. The van der Waals surface area contributed by atoms with Crippen LogP contribution in [0, 0.1) is 0 Å². The van der Waals surface area contributed by atoms with E-state index in [0.717, 1.165) is 38.8 Å². The normalized spacial score (nSPS) is 21.3. The molecule has 0 saturated carbocycles. The van der Waals surface area contributed by atoms with Crippen LogP contribution in [0.1, 0.15) is 32.6 Å². The number of rotatable bonds is 9. The fourth-order valence-corrected chi connectivity index (χ4v) is 4.71. The van der Waals surface area contributed by atoms with Crippen LogP contribution in [-0.2, 0) is 10.2 Å². The molecular formula is C14H32N4O2S. The Morgan fingerprint density at radius 3 is 2.48 bits per heavy atom. The van der Waals surface area contributed by atoms with E-state index in [4.69, 9.17) is 0 Å². The highest BCUT2D eigenvalue weighted by molar-refractivity contribution is 7.86. The molecule has 0 aromatic carbocycles. The molecule has 1 rings (SSSR count). The van der Waals surface area contributed by atoms with Crippen LogP contribution in [-0.4, -0.2) is 81.8 Å². The Bertz CT molecular complexity index is 384. The summed E-state index contributed by atoms with van der Waals surface area (Å²) in [5.41, 5.74) is 0. The summed E-state index contributed by atoms with van der Waals surface area (Å²) in [4.78, 5) is 2.03. The van der Waals surface area contributed by atoms with Gasteiger partial charge in [0.25, 0.3) is 10.2 Å². The van der Waals surface area contributed by atoms with Crippen LogP contribution in [0.3, 0.4) is 0 Å². The molecule has 1 aliphatic rings. The van der Waals surface area contributed by atoms with Gasteiger partial charge in [0, 0.05) is 38.8 Å². The molecule has 7 heteroatoms. The minimum atomic E-state index is -3.35. The second kappa shape index (κ2) is 9.05. The van der Waals surface area contributed by atoms with Crippen LogP contribution in [0.4, 0.5) is 0 Å². The van der Waals surface area contributed by atoms with Gasteiger partial charge < -0.3 is 10.2 Å². The average Bonchev–Trinajstić information content (AvgIpc) is 2.44. The summed E-state index contributed by atoms with van der Waals surface area (Å²) < 4.78 is 29.3. The lowest BCUT2D eigenvalue weighted by atomic mass is 10.1. The molecule has 0 aromatic rings. The third kappa shape index (κ3) is 5.49. The largest absolute Gasteiger partial charge is 0.318 e. The van der Waals surface area contributed by atoms with E-state index in [9.17, 15) is 8.42 Å². The molecule has 0 aromatic heterocycles. The fraction of sp³-hybridized carbons (Fsp3) is 1.00. The third-order valence-corrected chi connectivity index (χ3v) is 6.00. The Morgan fingerprint density at radius 1 is 1.19 bits per heavy atom. The molecule has 1 unspecified atom stereocenters. The van der Waals surface area contributed by atoms with Crippen molar-refractivity contribution >= 4 is 10.2 Å². The Hall–Kier alpha value is -0.210. The van der Waals surface area contributed by atoms with Gasteiger partial charge >= 0.3 is 0 Å². The summed E-state index contributed by atoms with van der Waals surface area (Å²) in [5, 5.41) is 3.13. The maximum atomic E-state index is 13.0. The lowest BCUT2D eigenvalue weighted by Crippen LogP contribution is -2.54. The number of likely N-dealkylation sites (N-methyl/N-ethyl adjacent to an activating group) is 2. The minimum absolute atomic E-state index is 0.0902. The molecule has 0 spiro atoms. The fourth-order valence-electron chi connectivity index (χ4n) is 2.77. The second-order valence-corrected chi connectivity index (χ2v) is 7.91. The number of hydrogen-bond acceptors (Lipinski definition) is 4. The Labute approximate surface area is 130 Å². The van der Waals surface area contributed by atoms with Gasteiger partial charge in [0.2, 0.25) is 0 Å². The molecular weight excluding hydrogens is 288 g/mol. The molecule has 1 saturated heterocycles. The van der Waals surface area contributed by atoms with Crippen molar-refractivity contribution in [3.63, 3.8) is 0 Å². The van der Waals surface area contributed by atoms with Gasteiger partial charge in [-0.05, 0) is 40.4 Å². The van der Waals surface area contributed by atoms with Crippen molar-refractivity contribution in [2.75, 3.05) is 53.9 Å². The smallest absolute Gasteiger partial charge is 0.282 e. The van der Waals surface area contributed by atoms with Gasteiger partial charge in [-0.25, -0.2) is 0 Å². The summed E-state index contributed by atoms with van der Waals surface area (Å²) >= 11 is 0. The van der Waals surface area contributed by atoms with Gasteiger partial charge in [-0.15, -0.1) is 0 Å². The molecule has 0 radical (unpaired) electrons. The number of nitrogens with zero attached hydrogens (tertiary/aromatic N) is 3. The Morgan fingerprint density at radius 2 is 1.90 bits per heavy atom. The van der Waals surface area contributed by atoms with E-state index >= 15 is 0 Å². The molecule has 1 N–H and O–H groups in total. The molecule has 1 heterocycles. The highest BCUT2D eigenvalue weighted by Gasteiger charge is 2.35. The Kier molecular flexibility index (Phi) is 8.12. The predicted octanol–water partition coefficient (Wildman–Crippen LogP) is 0.579. The molecule has 1 aliphatic heterocycles. The van der Waals surface area contributed by atoms with Crippen molar-refractivity contribution in [3.8, 4) is 0 Å². The Balaban J connectivity index is 2.85. The van der Waals surface area contributed by atoms with E-state index in [1.54, 1.807) is 8.61 Å². The van der Waals surface area contributed by atoms with Crippen molar-refractivity contribution in [1.82, 2.24) is 18.8 Å². The van der Waals surface area contributed by atoms with Gasteiger partial charge in [0.05, 0.1) is 0 Å². The average molecular weight is 321 g/mol. The first-order valence-electron chi connectivity index (χ1n) is 7.99. The van der Waals surface area contributed by atoms with Gasteiger partial charge in [0.15, 0.2) is 0 Å². The van der Waals surface area contributed by atoms with Crippen molar-refractivity contribution in [2.24, 2.45) is 0 Å². The zero-order valence-corrected chi connectivity index (χ0v) is 14.8. The summed E-state index contributed by atoms with van der Waals surface area (Å²) in [6, 6.07) is 0.0902. The van der Waals surface area contributed by atoms with E-state index in [1.165, 1.54) is 0 Å². The van der Waals surface area contributed by atoms with Crippen LogP contribution in [0.2, 0.25) is 0 Å². The van der Waals surface area contributed by atoms with Crippen molar-refractivity contribution in [2.45, 2.75) is 38.6 Å². The van der Waals surface area contributed by atoms with E-state index in [1.807, 2.05) is 33.0 Å². The number of piperidine rings is 1. The summed E-state index contributed by atoms with van der Waals surface area (Å²) in [7, 11) is 2.48. The van der Waals surface area contributed by atoms with Crippen LogP contribution in [0.5, 0.6) is 0 Å². The molecule has 6 nitrogen and oxygen atoms in total. The van der Waals surface area contributed by atoms with Gasteiger partial charge in [-0.3, -0.25) is 0 Å². The van der Waals surface area contributed by atoms with E-state index in [-0.39, 0.29) is 6.04 Å². The monoisotopic (exact) mass is 320 g/mol. The van der Waals surface area contributed by atoms with Crippen molar-refractivity contribution < 1.29 is 8.42 Å². The molecule has 0 aliphatic carbocycles. The topological polar surface area (TPSA) is 55.9 Å². The lowest BCUT2D eigenvalue weighted by Gasteiger charge is -2.38. The quantitative estimate of drug-likeness (QED) is 0.675. The zero-order chi connectivity index (χ0) is 15.9. The first-order chi connectivity index (χ1) is 9.93. The van der Waals surface area contributed by atoms with Crippen LogP contribution in [0.15, 0.2) is 0 Å². The summed E-state index contributed by atoms with van der Waals surface area (Å²) in [6.07, 6.45) is 3.88. The molecule has 0 bridgehead atoms. The van der Waals surface area contributed by atoms with Crippen molar-refractivity contribution in [3.05, 3.63) is 0 Å². The second-order valence-electron chi connectivity index (χ2n) is 6.03. The molecule has 1 atom stereocenters. The third-order valence-electron chi connectivity index (χ3n) is 3.91.